The van der Waals surface area contributed by atoms with E-state index in [-0.39, 0.29) is 0 Å². The van der Waals surface area contributed by atoms with Crippen LogP contribution in [0.15, 0.2) is 179 Å². The molecule has 0 saturated heterocycles. The van der Waals surface area contributed by atoms with Gasteiger partial charge in [-0.3, -0.25) is 0 Å². The highest BCUT2D eigenvalue weighted by molar-refractivity contribution is 5.84. The molecule has 238 valence electrons. The van der Waals surface area contributed by atoms with Gasteiger partial charge in [0, 0.05) is 0 Å². The first kappa shape index (κ1) is 30.6. The summed E-state index contributed by atoms with van der Waals surface area (Å²) >= 11 is 0. The van der Waals surface area contributed by atoms with Crippen molar-refractivity contribution in [1.82, 2.24) is 0 Å². The van der Waals surface area contributed by atoms with Crippen LogP contribution in [0.1, 0.15) is 75.3 Å². The predicted molar refractivity (Wildman–Crippen MR) is 206 cm³/mol. The van der Waals surface area contributed by atoms with Crippen molar-refractivity contribution in [2.24, 2.45) is 11.8 Å². The third-order valence-corrected chi connectivity index (χ3v) is 10.9. The highest BCUT2D eigenvalue weighted by Gasteiger charge is 2.30. The fourth-order valence-electron chi connectivity index (χ4n) is 8.41. The molecule has 6 aliphatic carbocycles. The Morgan fingerprint density at radius 2 is 1.33 bits per heavy atom. The molecule has 0 nitrogen and oxygen atoms in total. The van der Waals surface area contributed by atoms with Crippen LogP contribution in [0.25, 0.3) is 22.3 Å². The van der Waals surface area contributed by atoms with Gasteiger partial charge < -0.3 is 0 Å². The lowest BCUT2D eigenvalue weighted by Crippen LogP contribution is -2.21. The Kier molecular flexibility index (Phi) is 9.07. The molecule has 0 spiro atoms. The minimum atomic E-state index is 0.535. The zero-order valence-corrected chi connectivity index (χ0v) is 28.1. The Morgan fingerprint density at radius 1 is 0.500 bits per heavy atom. The van der Waals surface area contributed by atoms with Crippen LogP contribution in [0, 0.1) is 11.8 Å². The topological polar surface area (TPSA) is 0 Å². The van der Waals surface area contributed by atoms with E-state index in [1.54, 1.807) is 11.1 Å². The lowest BCUT2D eigenvalue weighted by Gasteiger charge is -2.34. The van der Waals surface area contributed by atoms with Crippen LogP contribution in [0.2, 0.25) is 0 Å². The molecular formula is C48H46. The Bertz CT molecular complexity index is 1950. The normalized spacial score (nSPS) is 23.7. The van der Waals surface area contributed by atoms with Gasteiger partial charge >= 0.3 is 0 Å². The van der Waals surface area contributed by atoms with Gasteiger partial charge in [-0.2, -0.15) is 0 Å². The average Bonchev–Trinajstić information content (AvgIpc) is 3.19. The van der Waals surface area contributed by atoms with Gasteiger partial charge in [-0.05, 0) is 161 Å². The van der Waals surface area contributed by atoms with Crippen molar-refractivity contribution in [3.8, 4) is 11.1 Å². The first-order chi connectivity index (χ1) is 23.8. The first-order valence-electron chi connectivity index (χ1n) is 18.3. The fourth-order valence-corrected chi connectivity index (χ4v) is 8.41. The first-order valence-corrected chi connectivity index (χ1v) is 18.3. The molecule has 2 aromatic rings. The van der Waals surface area contributed by atoms with Crippen LogP contribution < -0.4 is 0 Å². The van der Waals surface area contributed by atoms with Gasteiger partial charge in [0.2, 0.25) is 0 Å². The molecule has 0 aromatic heterocycles. The molecule has 8 rings (SSSR count). The Hall–Kier alpha value is -4.68. The van der Waals surface area contributed by atoms with Crippen molar-refractivity contribution in [1.29, 1.82) is 0 Å². The third kappa shape index (κ3) is 6.54. The second-order valence-electron chi connectivity index (χ2n) is 14.0. The van der Waals surface area contributed by atoms with Gasteiger partial charge in [0.15, 0.2) is 0 Å². The number of benzene rings is 2. The smallest absolute Gasteiger partial charge is 0.00524 e. The minimum Gasteiger partial charge on any atom is -0.0842 e. The average molecular weight is 623 g/mol. The lowest BCUT2D eigenvalue weighted by atomic mass is 9.70. The molecule has 0 amide bonds. The summed E-state index contributed by atoms with van der Waals surface area (Å²) in [6.45, 7) is 0. The van der Waals surface area contributed by atoms with Gasteiger partial charge in [-0.1, -0.05) is 128 Å². The predicted octanol–water partition coefficient (Wildman–Crippen LogP) is 13.1. The van der Waals surface area contributed by atoms with E-state index in [1.165, 1.54) is 55.7 Å². The molecule has 0 aliphatic heterocycles. The second kappa shape index (κ2) is 14.2. The van der Waals surface area contributed by atoms with Crippen LogP contribution >= 0.6 is 0 Å². The van der Waals surface area contributed by atoms with E-state index >= 15 is 0 Å². The quantitative estimate of drug-likeness (QED) is 0.288. The van der Waals surface area contributed by atoms with Crippen LogP contribution in [0.3, 0.4) is 0 Å². The van der Waals surface area contributed by atoms with Crippen LogP contribution in [-0.4, -0.2) is 0 Å². The van der Waals surface area contributed by atoms with Crippen molar-refractivity contribution >= 4 is 11.1 Å². The van der Waals surface area contributed by atoms with Gasteiger partial charge in [0.25, 0.3) is 0 Å². The highest BCUT2D eigenvalue weighted by Crippen LogP contribution is 2.45. The summed E-state index contributed by atoms with van der Waals surface area (Å²) in [6, 6.07) is 18.1. The van der Waals surface area contributed by atoms with Gasteiger partial charge in [-0.25, -0.2) is 0 Å². The Balaban J connectivity index is 1.13. The van der Waals surface area contributed by atoms with Crippen molar-refractivity contribution < 1.29 is 0 Å². The monoisotopic (exact) mass is 622 g/mol. The van der Waals surface area contributed by atoms with Crippen LogP contribution in [0.5, 0.6) is 0 Å². The van der Waals surface area contributed by atoms with E-state index in [0.717, 1.165) is 64.2 Å². The maximum absolute atomic E-state index is 2.50. The Labute approximate surface area is 287 Å². The van der Waals surface area contributed by atoms with E-state index < -0.39 is 0 Å². The summed E-state index contributed by atoms with van der Waals surface area (Å²) in [5, 5.41) is 0. The number of rotatable bonds is 7. The lowest BCUT2D eigenvalue weighted by molar-refractivity contribution is 0.453. The van der Waals surface area contributed by atoms with Gasteiger partial charge in [0.05, 0.1) is 0 Å². The molecule has 0 fully saturated rings. The zero-order valence-electron chi connectivity index (χ0n) is 28.1. The number of hydrogen-bond acceptors (Lipinski definition) is 0. The van der Waals surface area contributed by atoms with Crippen molar-refractivity contribution in [2.75, 3.05) is 0 Å². The molecule has 0 bridgehead atoms. The summed E-state index contributed by atoms with van der Waals surface area (Å²) in [5.74, 6) is 1.10. The molecule has 48 heavy (non-hydrogen) atoms. The van der Waals surface area contributed by atoms with Crippen LogP contribution in [0.4, 0.5) is 0 Å². The maximum atomic E-state index is 2.50. The number of hydrogen-bond donors (Lipinski definition) is 0. The molecule has 2 unspecified atom stereocenters. The van der Waals surface area contributed by atoms with E-state index in [1.807, 2.05) is 0 Å². The number of allylic oxidation sites excluding steroid dienone is 24. The largest absolute Gasteiger partial charge is 0.0842 e. The summed E-state index contributed by atoms with van der Waals surface area (Å²) in [6.07, 6.45) is 49.3. The van der Waals surface area contributed by atoms with Crippen molar-refractivity contribution in [2.45, 2.75) is 64.2 Å². The molecular weight excluding hydrogens is 577 g/mol. The molecule has 0 N–H and O–H groups in total. The minimum absolute atomic E-state index is 0.535. The Morgan fingerprint density at radius 3 is 2.12 bits per heavy atom. The SMILES string of the molecule is C1=CCCC(c2cc(C3=CCCC(C4=CC=C(C5=C(C6=CCCC=C6)C=CCC5C5C=CC=CC5)CC4)=C3)cc(-c3ccccc3)c2)=C1. The van der Waals surface area contributed by atoms with Gasteiger partial charge in [0.1, 0.15) is 0 Å². The van der Waals surface area contributed by atoms with E-state index in [2.05, 4.69) is 146 Å². The summed E-state index contributed by atoms with van der Waals surface area (Å²) in [4.78, 5) is 0. The molecule has 6 aliphatic rings. The summed E-state index contributed by atoms with van der Waals surface area (Å²) < 4.78 is 0. The molecule has 0 radical (unpaired) electrons. The van der Waals surface area contributed by atoms with Crippen LogP contribution in [-0.2, 0) is 0 Å². The van der Waals surface area contributed by atoms with E-state index in [9.17, 15) is 0 Å². The van der Waals surface area contributed by atoms with E-state index in [0.29, 0.717) is 11.8 Å². The third-order valence-electron chi connectivity index (χ3n) is 10.9. The maximum Gasteiger partial charge on any atom is -0.00524 e. The molecule has 0 saturated carbocycles. The highest BCUT2D eigenvalue weighted by atomic mass is 14.3. The van der Waals surface area contributed by atoms with Crippen molar-refractivity contribution in [3.63, 3.8) is 0 Å². The second-order valence-corrected chi connectivity index (χ2v) is 14.0. The van der Waals surface area contributed by atoms with E-state index in [4.69, 9.17) is 0 Å². The zero-order chi connectivity index (χ0) is 32.1. The summed E-state index contributed by atoms with van der Waals surface area (Å²) in [7, 11) is 0. The molecule has 2 aromatic carbocycles. The van der Waals surface area contributed by atoms with Crippen molar-refractivity contribution in [3.05, 3.63) is 190 Å². The molecule has 0 heteroatoms. The van der Waals surface area contributed by atoms with Gasteiger partial charge in [-0.15, -0.1) is 0 Å². The molecule has 0 heterocycles. The molecule has 2 atom stereocenters. The fraction of sp³-hybridized carbons (Fsp3) is 0.250. The standard InChI is InChI=1S/C48H46/c1-5-15-35(16-6-1)43-32-44(36-17-7-2-8-18-36)34-45(33-43)42-24-13-23-41(31-42)37-27-29-40(30-28-37)48-46(38-19-9-3-10-20-38)25-14-26-47(48)39-21-11-4-12-22-39/h1-3,5-7,9-11,14-17,19,21-22,24,26-27,29,31-34,38,46H,4,8,12-13,18,20,23,25,28,30H2. The summed E-state index contributed by atoms with van der Waals surface area (Å²) in [5.41, 5.74) is 17.2.